The lowest BCUT2D eigenvalue weighted by Crippen LogP contribution is -1.99. The Bertz CT molecular complexity index is 753. The van der Waals surface area contributed by atoms with E-state index >= 15 is 0 Å². The Kier molecular flexibility index (Phi) is 4.43. The fourth-order valence-corrected chi connectivity index (χ4v) is 2.13. The van der Waals surface area contributed by atoms with Gasteiger partial charge in [-0.2, -0.15) is 0 Å². The molecule has 0 N–H and O–H groups in total. The molecule has 2 heterocycles. The van der Waals surface area contributed by atoms with E-state index in [0.717, 1.165) is 0 Å². The van der Waals surface area contributed by atoms with Gasteiger partial charge in [0, 0.05) is 0 Å². The van der Waals surface area contributed by atoms with Crippen LogP contribution in [0.1, 0.15) is 12.8 Å². The SMILES string of the molecule is CCOc1ccccc1OCc1nnc(-c2ccc(Br)o2)o1. The van der Waals surface area contributed by atoms with Crippen LogP contribution in [0.15, 0.2) is 49.9 Å². The molecule has 0 spiro atoms. The number of nitrogens with zero attached hydrogens (tertiary/aromatic N) is 2. The summed E-state index contributed by atoms with van der Waals surface area (Å²) in [5.41, 5.74) is 0. The third-order valence-corrected chi connectivity index (χ3v) is 3.18. The molecular formula is C15H13BrN2O4. The van der Waals surface area contributed by atoms with Crippen molar-refractivity contribution < 1.29 is 18.3 Å². The van der Waals surface area contributed by atoms with Crippen molar-refractivity contribution in [2.75, 3.05) is 6.61 Å². The lowest BCUT2D eigenvalue weighted by atomic mass is 10.3. The standard InChI is InChI=1S/C15H13BrN2O4/c1-2-19-10-5-3-4-6-11(10)20-9-14-17-18-15(22-14)12-7-8-13(16)21-12/h3-8H,2,9H2,1H3. The first kappa shape index (κ1) is 14.6. The third-order valence-electron chi connectivity index (χ3n) is 2.75. The molecule has 0 saturated heterocycles. The maximum absolute atomic E-state index is 5.67. The molecule has 22 heavy (non-hydrogen) atoms. The Balaban J connectivity index is 1.69. The highest BCUT2D eigenvalue weighted by atomic mass is 79.9. The van der Waals surface area contributed by atoms with E-state index in [1.807, 2.05) is 31.2 Å². The van der Waals surface area contributed by atoms with Crippen LogP contribution in [0.25, 0.3) is 11.7 Å². The molecular weight excluding hydrogens is 352 g/mol. The lowest BCUT2D eigenvalue weighted by Gasteiger charge is -2.09. The predicted octanol–water partition coefficient (Wildman–Crippen LogP) is 4.07. The van der Waals surface area contributed by atoms with E-state index in [1.54, 1.807) is 12.1 Å². The highest BCUT2D eigenvalue weighted by Gasteiger charge is 2.13. The smallest absolute Gasteiger partial charge is 0.283 e. The summed E-state index contributed by atoms with van der Waals surface area (Å²) in [5.74, 6) is 2.47. The van der Waals surface area contributed by atoms with Gasteiger partial charge in [0.2, 0.25) is 0 Å². The van der Waals surface area contributed by atoms with Crippen molar-refractivity contribution >= 4 is 15.9 Å². The van der Waals surface area contributed by atoms with Gasteiger partial charge in [-0.15, -0.1) is 10.2 Å². The molecule has 0 bridgehead atoms. The Morgan fingerprint density at radius 2 is 1.77 bits per heavy atom. The van der Waals surface area contributed by atoms with Gasteiger partial charge in [-0.1, -0.05) is 12.1 Å². The first-order valence-corrected chi connectivity index (χ1v) is 7.48. The third kappa shape index (κ3) is 3.30. The number of furan rings is 1. The topological polar surface area (TPSA) is 70.5 Å². The number of halogens is 1. The summed E-state index contributed by atoms with van der Waals surface area (Å²) in [5, 5.41) is 7.86. The van der Waals surface area contributed by atoms with Gasteiger partial charge in [0.05, 0.1) is 6.61 Å². The van der Waals surface area contributed by atoms with E-state index < -0.39 is 0 Å². The monoisotopic (exact) mass is 364 g/mol. The summed E-state index contributed by atoms with van der Waals surface area (Å²) in [6, 6.07) is 10.9. The normalized spacial score (nSPS) is 10.6. The summed E-state index contributed by atoms with van der Waals surface area (Å²) in [6.45, 7) is 2.64. The molecule has 0 radical (unpaired) electrons. The van der Waals surface area contributed by atoms with Crippen molar-refractivity contribution in [1.29, 1.82) is 0 Å². The minimum atomic E-state index is 0.152. The van der Waals surface area contributed by atoms with Crippen LogP contribution in [0.3, 0.4) is 0 Å². The van der Waals surface area contributed by atoms with E-state index in [9.17, 15) is 0 Å². The summed E-state index contributed by atoms with van der Waals surface area (Å²) >= 11 is 3.23. The summed E-state index contributed by atoms with van der Waals surface area (Å²) < 4.78 is 22.6. The molecule has 6 nitrogen and oxygen atoms in total. The number of ether oxygens (including phenoxy) is 2. The molecule has 0 aliphatic carbocycles. The van der Waals surface area contributed by atoms with Gasteiger partial charge in [-0.05, 0) is 47.1 Å². The van der Waals surface area contributed by atoms with Crippen LogP contribution in [-0.4, -0.2) is 16.8 Å². The summed E-state index contributed by atoms with van der Waals surface area (Å²) in [6.07, 6.45) is 0. The summed E-state index contributed by atoms with van der Waals surface area (Å²) in [4.78, 5) is 0. The second-order valence-corrected chi connectivity index (χ2v) is 5.05. The second kappa shape index (κ2) is 6.65. The molecule has 0 amide bonds. The highest BCUT2D eigenvalue weighted by molar-refractivity contribution is 9.10. The maximum Gasteiger partial charge on any atom is 0.283 e. The Morgan fingerprint density at radius 3 is 2.45 bits per heavy atom. The number of hydrogen-bond acceptors (Lipinski definition) is 6. The van der Waals surface area contributed by atoms with Gasteiger partial charge >= 0.3 is 0 Å². The minimum Gasteiger partial charge on any atom is -0.490 e. The molecule has 7 heteroatoms. The van der Waals surface area contributed by atoms with Crippen molar-refractivity contribution in [2.45, 2.75) is 13.5 Å². The van der Waals surface area contributed by atoms with Crippen molar-refractivity contribution in [3.8, 4) is 23.1 Å². The van der Waals surface area contributed by atoms with Gasteiger partial charge < -0.3 is 18.3 Å². The van der Waals surface area contributed by atoms with Crippen LogP contribution >= 0.6 is 15.9 Å². The molecule has 0 saturated carbocycles. The molecule has 3 aromatic rings. The number of para-hydroxylation sites is 2. The lowest BCUT2D eigenvalue weighted by molar-refractivity contribution is 0.243. The van der Waals surface area contributed by atoms with Crippen LogP contribution in [0.5, 0.6) is 11.5 Å². The van der Waals surface area contributed by atoms with Crippen molar-refractivity contribution in [2.24, 2.45) is 0 Å². The zero-order valence-corrected chi connectivity index (χ0v) is 13.4. The summed E-state index contributed by atoms with van der Waals surface area (Å²) in [7, 11) is 0. The molecule has 3 rings (SSSR count). The zero-order chi connectivity index (χ0) is 15.4. The van der Waals surface area contributed by atoms with Crippen LogP contribution < -0.4 is 9.47 Å². The number of hydrogen-bond donors (Lipinski definition) is 0. The van der Waals surface area contributed by atoms with Crippen LogP contribution in [0.4, 0.5) is 0 Å². The van der Waals surface area contributed by atoms with Gasteiger partial charge in [0.15, 0.2) is 28.5 Å². The van der Waals surface area contributed by atoms with Crippen LogP contribution in [0.2, 0.25) is 0 Å². The van der Waals surface area contributed by atoms with Gasteiger partial charge in [-0.3, -0.25) is 0 Å². The van der Waals surface area contributed by atoms with Crippen molar-refractivity contribution in [3.05, 3.63) is 47.0 Å². The predicted molar refractivity (Wildman–Crippen MR) is 81.6 cm³/mol. The van der Waals surface area contributed by atoms with E-state index in [4.69, 9.17) is 18.3 Å². The van der Waals surface area contributed by atoms with Gasteiger partial charge in [0.25, 0.3) is 11.8 Å². The Hall–Kier alpha value is -2.28. The first-order valence-electron chi connectivity index (χ1n) is 6.69. The number of benzene rings is 1. The molecule has 1 aromatic carbocycles. The average Bonchev–Trinajstić information content (AvgIpc) is 3.15. The fourth-order valence-electron chi connectivity index (χ4n) is 1.82. The Morgan fingerprint density at radius 1 is 1.00 bits per heavy atom. The minimum absolute atomic E-state index is 0.152. The number of rotatable bonds is 6. The molecule has 0 aliphatic rings. The van der Waals surface area contributed by atoms with Crippen LogP contribution in [-0.2, 0) is 6.61 Å². The fraction of sp³-hybridized carbons (Fsp3) is 0.200. The molecule has 0 atom stereocenters. The molecule has 0 unspecified atom stereocenters. The van der Waals surface area contributed by atoms with Crippen LogP contribution in [0, 0.1) is 0 Å². The van der Waals surface area contributed by atoms with E-state index in [-0.39, 0.29) is 6.61 Å². The van der Waals surface area contributed by atoms with Gasteiger partial charge in [0.1, 0.15) is 0 Å². The first-order chi connectivity index (χ1) is 10.8. The highest BCUT2D eigenvalue weighted by Crippen LogP contribution is 2.28. The average molecular weight is 365 g/mol. The largest absolute Gasteiger partial charge is 0.490 e. The second-order valence-electron chi connectivity index (χ2n) is 4.27. The van der Waals surface area contributed by atoms with E-state index in [2.05, 4.69) is 26.1 Å². The molecule has 0 fully saturated rings. The zero-order valence-electron chi connectivity index (χ0n) is 11.8. The molecule has 114 valence electrons. The van der Waals surface area contributed by atoms with Crippen molar-refractivity contribution in [1.82, 2.24) is 10.2 Å². The molecule has 2 aromatic heterocycles. The maximum atomic E-state index is 5.67. The van der Waals surface area contributed by atoms with Gasteiger partial charge in [-0.25, -0.2) is 0 Å². The van der Waals surface area contributed by atoms with E-state index in [1.165, 1.54) is 0 Å². The molecule has 0 aliphatic heterocycles. The van der Waals surface area contributed by atoms with Crippen molar-refractivity contribution in [3.63, 3.8) is 0 Å². The quantitative estimate of drug-likeness (QED) is 0.656. The van der Waals surface area contributed by atoms with E-state index in [0.29, 0.717) is 40.3 Å². The number of aromatic nitrogens is 2. The Labute approximate surface area is 135 Å².